The van der Waals surface area contributed by atoms with Crippen LogP contribution >= 0.6 is 0 Å². The highest BCUT2D eigenvalue weighted by Crippen LogP contribution is 2.36. The highest BCUT2D eigenvalue weighted by Gasteiger charge is 2.47. The maximum absolute atomic E-state index is 12.0. The van der Waals surface area contributed by atoms with Gasteiger partial charge in [-0.05, 0) is 0 Å². The molecular weight excluding hydrogens is 175 g/mol. The second kappa shape index (κ2) is 2.33. The lowest BCUT2D eigenvalue weighted by Crippen LogP contribution is -2.12. The van der Waals surface area contributed by atoms with Crippen LogP contribution < -0.4 is 0 Å². The zero-order valence-corrected chi connectivity index (χ0v) is 4.78. The Morgan fingerprint density at radius 3 is 2.00 bits per heavy atom. The Hall–Kier alpha value is -0.850. The first-order valence-electron chi connectivity index (χ1n) is 2.37. The molecule has 0 aromatic carbocycles. The van der Waals surface area contributed by atoms with Crippen molar-refractivity contribution in [3.63, 3.8) is 0 Å². The molecule has 0 saturated carbocycles. The number of rotatable bonds is 0. The molecule has 0 saturated heterocycles. The van der Waals surface area contributed by atoms with Gasteiger partial charge in [-0.25, -0.2) is 8.78 Å². The van der Waals surface area contributed by atoms with Gasteiger partial charge in [-0.1, -0.05) is 0 Å². The Morgan fingerprint density at radius 2 is 1.82 bits per heavy atom. The van der Waals surface area contributed by atoms with Crippen molar-refractivity contribution in [2.75, 3.05) is 0 Å². The number of halogens is 5. The van der Waals surface area contributed by atoms with Gasteiger partial charge in [0.2, 0.25) is 5.83 Å². The Morgan fingerprint density at radius 1 is 1.27 bits per heavy atom. The molecule has 0 aromatic heterocycles. The summed E-state index contributed by atoms with van der Waals surface area (Å²) in [7, 11) is 0. The lowest BCUT2D eigenvalue weighted by molar-refractivity contribution is -0.315. The predicted molar refractivity (Wildman–Crippen MR) is 21.3 cm³/mol. The molecule has 1 aliphatic heterocycles. The van der Waals surface area contributed by atoms with Gasteiger partial charge < -0.3 is 4.89 Å². The van der Waals surface area contributed by atoms with Crippen LogP contribution in [0.1, 0.15) is 0 Å². The summed E-state index contributed by atoms with van der Waals surface area (Å²) in [5.41, 5.74) is 0. The summed E-state index contributed by atoms with van der Waals surface area (Å²) in [6.07, 6.45) is -7.82. The van der Waals surface area contributed by atoms with Gasteiger partial charge >= 0.3 is 6.18 Å². The Balaban J connectivity index is 2.88. The second-order valence-corrected chi connectivity index (χ2v) is 1.67. The predicted octanol–water partition coefficient (Wildman–Crippen LogP) is 1.99. The maximum atomic E-state index is 12.0. The molecule has 0 radical (unpaired) electrons. The highest BCUT2D eigenvalue weighted by molar-refractivity contribution is 5.10. The van der Waals surface area contributed by atoms with Crippen LogP contribution in [0.25, 0.3) is 0 Å². The van der Waals surface area contributed by atoms with E-state index in [-0.39, 0.29) is 0 Å². The Labute approximate surface area is 57.1 Å². The van der Waals surface area contributed by atoms with Crippen molar-refractivity contribution in [1.29, 1.82) is 0 Å². The van der Waals surface area contributed by atoms with Crippen molar-refractivity contribution in [2.45, 2.75) is 12.5 Å². The molecule has 1 heterocycles. The quantitative estimate of drug-likeness (QED) is 0.415. The van der Waals surface area contributed by atoms with E-state index < -0.39 is 24.1 Å². The van der Waals surface area contributed by atoms with E-state index in [1.165, 1.54) is 0 Å². The van der Waals surface area contributed by atoms with E-state index in [2.05, 4.69) is 9.78 Å². The monoisotopic (exact) mass is 176 g/mol. The van der Waals surface area contributed by atoms with Crippen LogP contribution in [0.5, 0.6) is 0 Å². The van der Waals surface area contributed by atoms with Crippen LogP contribution in [0.15, 0.2) is 11.6 Å². The van der Waals surface area contributed by atoms with Gasteiger partial charge in [0.25, 0.3) is 12.1 Å². The molecule has 1 atom stereocenters. The van der Waals surface area contributed by atoms with Gasteiger partial charge in [-0.15, -0.1) is 4.89 Å². The molecule has 0 aromatic rings. The minimum atomic E-state index is -5.05. The molecule has 0 bridgehead atoms. The fourth-order valence-corrected chi connectivity index (χ4v) is 0.458. The summed E-state index contributed by atoms with van der Waals surface area (Å²) in [4.78, 5) is 6.51. The average Bonchev–Trinajstić information content (AvgIpc) is 2.11. The lowest BCUT2D eigenvalue weighted by atomic mass is 10.4. The molecule has 0 aliphatic carbocycles. The summed E-state index contributed by atoms with van der Waals surface area (Å²) in [6.45, 7) is 0. The summed E-state index contributed by atoms with van der Waals surface area (Å²) in [5, 5.41) is 0. The Bertz CT molecular complexity index is 195. The van der Waals surface area contributed by atoms with E-state index in [0.717, 1.165) is 0 Å². The first-order valence-corrected chi connectivity index (χ1v) is 2.37. The molecule has 1 rings (SSSR count). The second-order valence-electron chi connectivity index (χ2n) is 1.67. The van der Waals surface area contributed by atoms with Gasteiger partial charge in [0, 0.05) is 0 Å². The minimum absolute atomic E-state index is 2.06. The first-order chi connectivity index (χ1) is 4.93. The highest BCUT2D eigenvalue weighted by atomic mass is 19.4. The summed E-state index contributed by atoms with van der Waals surface area (Å²) in [6, 6.07) is 0. The van der Waals surface area contributed by atoms with Crippen LogP contribution in [-0.4, -0.2) is 12.5 Å². The maximum Gasteiger partial charge on any atom is 0.456 e. The topological polar surface area (TPSA) is 18.5 Å². The summed E-state index contributed by atoms with van der Waals surface area (Å²) in [5.74, 6) is -4.15. The first kappa shape index (κ1) is 8.25. The van der Waals surface area contributed by atoms with Crippen LogP contribution in [0.2, 0.25) is 0 Å². The van der Waals surface area contributed by atoms with Gasteiger partial charge in [0.1, 0.15) is 0 Å². The minimum Gasteiger partial charge on any atom is -0.326 e. The van der Waals surface area contributed by atoms with E-state index in [0.29, 0.717) is 0 Å². The van der Waals surface area contributed by atoms with Crippen molar-refractivity contribution >= 4 is 0 Å². The molecular formula is C4HF5O2. The van der Waals surface area contributed by atoms with Gasteiger partial charge in [-0.2, -0.15) is 13.2 Å². The van der Waals surface area contributed by atoms with Crippen molar-refractivity contribution in [3.8, 4) is 0 Å². The molecule has 0 fully saturated rings. The Kier molecular flexibility index (Phi) is 1.75. The molecule has 64 valence electrons. The van der Waals surface area contributed by atoms with E-state index in [1.807, 2.05) is 0 Å². The number of allylic oxidation sites excluding steroid dienone is 1. The molecule has 1 unspecified atom stereocenters. The van der Waals surface area contributed by atoms with Crippen LogP contribution in [0, 0.1) is 0 Å². The van der Waals surface area contributed by atoms with Crippen LogP contribution in [0.4, 0.5) is 22.0 Å². The van der Waals surface area contributed by atoms with E-state index in [9.17, 15) is 22.0 Å². The number of hydrogen-bond acceptors (Lipinski definition) is 2. The standard InChI is InChI=1S/C4HF5O2/c5-1-2(4(7,8)9)10-11-3(1)6/h3H. The summed E-state index contributed by atoms with van der Waals surface area (Å²) < 4.78 is 58.4. The lowest BCUT2D eigenvalue weighted by Gasteiger charge is -2.02. The van der Waals surface area contributed by atoms with Crippen LogP contribution in [0.3, 0.4) is 0 Å². The van der Waals surface area contributed by atoms with Crippen molar-refractivity contribution in [1.82, 2.24) is 0 Å². The zero-order chi connectivity index (χ0) is 8.65. The third-order valence-electron chi connectivity index (χ3n) is 0.890. The van der Waals surface area contributed by atoms with Crippen molar-refractivity contribution in [2.24, 2.45) is 0 Å². The van der Waals surface area contributed by atoms with Crippen molar-refractivity contribution < 1.29 is 31.7 Å². The average molecular weight is 176 g/mol. The van der Waals surface area contributed by atoms with E-state index >= 15 is 0 Å². The largest absolute Gasteiger partial charge is 0.456 e. The SMILES string of the molecule is FC1=C(C(F)(F)F)OOC1F. The van der Waals surface area contributed by atoms with Crippen LogP contribution in [-0.2, 0) is 9.78 Å². The number of hydrogen-bond donors (Lipinski definition) is 0. The fraction of sp³-hybridized carbons (Fsp3) is 0.500. The van der Waals surface area contributed by atoms with E-state index in [4.69, 9.17) is 0 Å². The molecule has 0 amide bonds. The molecule has 0 N–H and O–H groups in total. The molecule has 1 aliphatic rings. The third-order valence-corrected chi connectivity index (χ3v) is 0.890. The van der Waals surface area contributed by atoms with Gasteiger partial charge in [0.05, 0.1) is 0 Å². The molecule has 11 heavy (non-hydrogen) atoms. The fourth-order valence-electron chi connectivity index (χ4n) is 0.458. The third kappa shape index (κ3) is 1.42. The van der Waals surface area contributed by atoms with Crippen molar-refractivity contribution in [3.05, 3.63) is 11.6 Å². The smallest absolute Gasteiger partial charge is 0.326 e. The van der Waals surface area contributed by atoms with Gasteiger partial charge in [-0.3, -0.25) is 0 Å². The van der Waals surface area contributed by atoms with E-state index in [1.54, 1.807) is 0 Å². The zero-order valence-electron chi connectivity index (χ0n) is 4.78. The molecule has 2 nitrogen and oxygen atoms in total. The van der Waals surface area contributed by atoms with Gasteiger partial charge in [0.15, 0.2) is 0 Å². The normalized spacial score (nSPS) is 25.7. The summed E-state index contributed by atoms with van der Waals surface area (Å²) >= 11 is 0. The molecule has 0 spiro atoms. The molecule has 7 heteroatoms. The number of alkyl halides is 4.